The molecule has 1 saturated heterocycles. The van der Waals surface area contributed by atoms with Gasteiger partial charge in [-0.05, 0) is 37.1 Å². The first-order valence-corrected chi connectivity index (χ1v) is 9.48. The van der Waals surface area contributed by atoms with E-state index in [-0.39, 0.29) is 10.8 Å². The van der Waals surface area contributed by atoms with Gasteiger partial charge in [-0.2, -0.15) is 4.31 Å². The van der Waals surface area contributed by atoms with E-state index in [1.54, 1.807) is 30.3 Å². The molecule has 2 aromatic rings. The Morgan fingerprint density at radius 2 is 1.83 bits per heavy atom. The quantitative estimate of drug-likeness (QED) is 0.860. The van der Waals surface area contributed by atoms with Crippen molar-refractivity contribution >= 4 is 15.9 Å². The highest BCUT2D eigenvalue weighted by Crippen LogP contribution is 2.26. The monoisotopic (exact) mass is 347 g/mol. The van der Waals surface area contributed by atoms with Gasteiger partial charge >= 0.3 is 0 Å². The molecular formula is C17H21N3O3S. The maximum absolute atomic E-state index is 12.8. The predicted molar refractivity (Wildman–Crippen MR) is 90.8 cm³/mol. The number of amides is 1. The van der Waals surface area contributed by atoms with Gasteiger partial charge in [-0.3, -0.25) is 4.79 Å². The molecule has 3 rings (SSSR count). The van der Waals surface area contributed by atoms with Crippen molar-refractivity contribution in [3.05, 3.63) is 54.9 Å². The number of sulfonamides is 1. The van der Waals surface area contributed by atoms with Crippen LogP contribution in [0.3, 0.4) is 0 Å². The maximum Gasteiger partial charge on any atom is 0.243 e. The molecule has 0 radical (unpaired) electrons. The Morgan fingerprint density at radius 1 is 1.12 bits per heavy atom. The Balaban J connectivity index is 1.65. The van der Waals surface area contributed by atoms with Crippen LogP contribution in [0, 0.1) is 0 Å². The van der Waals surface area contributed by atoms with Gasteiger partial charge in [0.25, 0.3) is 0 Å². The molecule has 7 heteroatoms. The summed E-state index contributed by atoms with van der Waals surface area (Å²) in [5.74, 6) is -0.223. The third-order valence-corrected chi connectivity index (χ3v) is 6.11. The van der Waals surface area contributed by atoms with E-state index < -0.39 is 16.1 Å². The Morgan fingerprint density at radius 3 is 2.54 bits per heavy atom. The first-order chi connectivity index (χ1) is 11.6. The fraction of sp³-hybridized carbons (Fsp3) is 0.353. The number of rotatable bonds is 6. The Bertz CT molecular complexity index is 773. The summed E-state index contributed by atoms with van der Waals surface area (Å²) in [4.78, 5) is 12.7. The zero-order valence-corrected chi connectivity index (χ0v) is 14.2. The summed E-state index contributed by atoms with van der Waals surface area (Å²) < 4.78 is 28.8. The Hall–Kier alpha value is -2.12. The summed E-state index contributed by atoms with van der Waals surface area (Å²) in [5, 5.41) is 2.85. The van der Waals surface area contributed by atoms with Gasteiger partial charge < -0.3 is 9.88 Å². The molecule has 1 amide bonds. The molecule has 1 N–H and O–H groups in total. The van der Waals surface area contributed by atoms with Crippen molar-refractivity contribution < 1.29 is 13.2 Å². The van der Waals surface area contributed by atoms with Gasteiger partial charge in [0.05, 0.1) is 4.90 Å². The van der Waals surface area contributed by atoms with Crippen molar-refractivity contribution in [2.75, 3.05) is 13.1 Å². The third kappa shape index (κ3) is 3.52. The highest BCUT2D eigenvalue weighted by atomic mass is 32.2. The lowest BCUT2D eigenvalue weighted by molar-refractivity contribution is -0.124. The smallest absolute Gasteiger partial charge is 0.243 e. The van der Waals surface area contributed by atoms with E-state index in [2.05, 4.69) is 5.32 Å². The van der Waals surface area contributed by atoms with Crippen LogP contribution in [0.4, 0.5) is 0 Å². The highest BCUT2D eigenvalue weighted by Gasteiger charge is 2.39. The predicted octanol–water partition coefficient (Wildman–Crippen LogP) is 1.46. The number of hydrogen-bond acceptors (Lipinski definition) is 3. The molecule has 1 aliphatic heterocycles. The fourth-order valence-electron chi connectivity index (χ4n) is 2.96. The molecule has 1 aromatic heterocycles. The van der Waals surface area contributed by atoms with Crippen LogP contribution < -0.4 is 5.32 Å². The average Bonchev–Trinajstić information content (AvgIpc) is 3.27. The van der Waals surface area contributed by atoms with Crippen molar-refractivity contribution in [2.24, 2.45) is 0 Å². The second-order valence-corrected chi connectivity index (χ2v) is 7.69. The van der Waals surface area contributed by atoms with Gasteiger partial charge in [0.1, 0.15) is 6.04 Å². The van der Waals surface area contributed by atoms with Crippen LogP contribution in [-0.2, 0) is 21.4 Å². The minimum absolute atomic E-state index is 0.223. The van der Waals surface area contributed by atoms with Crippen LogP contribution in [0.1, 0.15) is 12.8 Å². The first kappa shape index (κ1) is 16.7. The molecule has 0 unspecified atom stereocenters. The second kappa shape index (κ2) is 7.19. The number of aromatic nitrogens is 1. The van der Waals surface area contributed by atoms with Gasteiger partial charge in [0.15, 0.2) is 0 Å². The summed E-state index contributed by atoms with van der Waals surface area (Å²) in [5.41, 5.74) is 0. The first-order valence-electron chi connectivity index (χ1n) is 8.04. The zero-order chi connectivity index (χ0) is 17.0. The maximum atomic E-state index is 12.8. The molecule has 0 bridgehead atoms. The van der Waals surface area contributed by atoms with Crippen molar-refractivity contribution in [3.63, 3.8) is 0 Å². The molecule has 0 aliphatic carbocycles. The normalized spacial score (nSPS) is 18.6. The van der Waals surface area contributed by atoms with E-state index in [0.29, 0.717) is 32.5 Å². The molecule has 1 aliphatic rings. The van der Waals surface area contributed by atoms with Crippen molar-refractivity contribution in [1.29, 1.82) is 0 Å². The third-order valence-electron chi connectivity index (χ3n) is 4.19. The SMILES string of the molecule is O=C(NCCn1cccc1)[C@H]1CCCN1S(=O)(=O)c1ccccc1. The summed E-state index contributed by atoms with van der Waals surface area (Å²) in [6.45, 7) is 1.52. The van der Waals surface area contributed by atoms with Crippen LogP contribution >= 0.6 is 0 Å². The Kier molecular flexibility index (Phi) is 5.01. The molecular weight excluding hydrogens is 326 g/mol. The number of benzene rings is 1. The molecule has 0 saturated carbocycles. The molecule has 128 valence electrons. The highest BCUT2D eigenvalue weighted by molar-refractivity contribution is 7.89. The van der Waals surface area contributed by atoms with Crippen LogP contribution in [0.25, 0.3) is 0 Å². The number of carbonyl (C=O) groups is 1. The van der Waals surface area contributed by atoms with E-state index in [9.17, 15) is 13.2 Å². The summed E-state index contributed by atoms with van der Waals surface area (Å²) in [6.07, 6.45) is 5.10. The van der Waals surface area contributed by atoms with Crippen LogP contribution in [0.15, 0.2) is 59.8 Å². The van der Waals surface area contributed by atoms with Crippen LogP contribution in [0.2, 0.25) is 0 Å². The van der Waals surface area contributed by atoms with Gasteiger partial charge in [-0.15, -0.1) is 0 Å². The zero-order valence-electron chi connectivity index (χ0n) is 13.3. The molecule has 1 aromatic carbocycles. The molecule has 0 spiro atoms. The second-order valence-electron chi connectivity index (χ2n) is 5.80. The lowest BCUT2D eigenvalue weighted by Gasteiger charge is -2.23. The van der Waals surface area contributed by atoms with Gasteiger partial charge in [-0.1, -0.05) is 18.2 Å². The van der Waals surface area contributed by atoms with Crippen molar-refractivity contribution in [2.45, 2.75) is 30.3 Å². The van der Waals surface area contributed by atoms with Crippen LogP contribution in [-0.4, -0.2) is 42.3 Å². The summed E-state index contributed by atoms with van der Waals surface area (Å²) in [6, 6.07) is 11.5. The largest absolute Gasteiger partial charge is 0.353 e. The Labute approximate surface area is 142 Å². The molecule has 1 atom stereocenters. The number of nitrogens with one attached hydrogen (secondary N) is 1. The minimum atomic E-state index is -3.63. The van der Waals surface area contributed by atoms with Crippen molar-refractivity contribution in [3.8, 4) is 0 Å². The van der Waals surface area contributed by atoms with Gasteiger partial charge in [-0.25, -0.2) is 8.42 Å². The topological polar surface area (TPSA) is 71.4 Å². The molecule has 1 fully saturated rings. The molecule has 24 heavy (non-hydrogen) atoms. The van der Waals surface area contributed by atoms with Gasteiger partial charge in [0, 0.05) is 32.0 Å². The van der Waals surface area contributed by atoms with E-state index in [1.165, 1.54) is 4.31 Å². The van der Waals surface area contributed by atoms with E-state index >= 15 is 0 Å². The van der Waals surface area contributed by atoms with E-state index in [4.69, 9.17) is 0 Å². The van der Waals surface area contributed by atoms with Crippen LogP contribution in [0.5, 0.6) is 0 Å². The molecule has 2 heterocycles. The number of carbonyl (C=O) groups excluding carboxylic acids is 1. The summed E-state index contributed by atoms with van der Waals surface area (Å²) >= 11 is 0. The molecule has 6 nitrogen and oxygen atoms in total. The van der Waals surface area contributed by atoms with Gasteiger partial charge in [0.2, 0.25) is 15.9 Å². The standard InChI is InChI=1S/C17H21N3O3S/c21-17(18-10-14-19-11-4-5-12-19)16-9-6-13-20(16)24(22,23)15-7-2-1-3-8-15/h1-5,7-8,11-12,16H,6,9-10,13-14H2,(H,18,21)/t16-/m1/s1. The van der Waals surface area contributed by atoms with E-state index in [0.717, 1.165) is 0 Å². The fourth-order valence-corrected chi connectivity index (χ4v) is 4.64. The van der Waals surface area contributed by atoms with E-state index in [1.807, 2.05) is 29.1 Å². The number of nitrogens with zero attached hydrogens (tertiary/aromatic N) is 2. The number of hydrogen-bond donors (Lipinski definition) is 1. The lowest BCUT2D eigenvalue weighted by Crippen LogP contribution is -2.46. The minimum Gasteiger partial charge on any atom is -0.353 e. The lowest BCUT2D eigenvalue weighted by atomic mass is 10.2. The average molecular weight is 347 g/mol. The van der Waals surface area contributed by atoms with Crippen molar-refractivity contribution in [1.82, 2.24) is 14.2 Å². The summed E-state index contributed by atoms with van der Waals surface area (Å²) in [7, 11) is -3.63.